The number of nitrogens with zero attached hydrogens (tertiary/aromatic N) is 2. The molecule has 15 heteroatoms. The molecule has 12 nitrogen and oxygen atoms in total. The Hall–Kier alpha value is -2.94. The average Bonchev–Trinajstić information content (AvgIpc) is 3.35. The number of urea groups is 1. The lowest BCUT2D eigenvalue weighted by molar-refractivity contribution is -0.321. The molecule has 0 unspecified atom stereocenters. The van der Waals surface area contributed by atoms with E-state index in [1.54, 1.807) is 20.8 Å². The van der Waals surface area contributed by atoms with Crippen LogP contribution in [0.25, 0.3) is 0 Å². The first kappa shape index (κ1) is 28.3. The summed E-state index contributed by atoms with van der Waals surface area (Å²) in [5, 5.41) is 8.99. The highest BCUT2D eigenvalue weighted by atomic mass is 19.4. The predicted octanol–water partition coefficient (Wildman–Crippen LogP) is -0.315. The number of halogens is 3. The number of nitrogens with one attached hydrogen (secondary N) is 3. The van der Waals surface area contributed by atoms with Crippen molar-refractivity contribution >= 4 is 29.5 Å². The van der Waals surface area contributed by atoms with Crippen LogP contribution in [0.4, 0.5) is 18.0 Å². The average molecular weight is 509 g/mol. The lowest BCUT2D eigenvalue weighted by atomic mass is 9.96. The third-order valence-corrected chi connectivity index (χ3v) is 5.28. The fraction of sp³-hybridized carbons (Fsp3) is 0.750. The summed E-state index contributed by atoms with van der Waals surface area (Å²) in [6.07, 6.45) is -5.67. The molecule has 0 radical (unpaired) electrons. The van der Waals surface area contributed by atoms with Crippen LogP contribution < -0.4 is 16.0 Å². The third-order valence-electron chi connectivity index (χ3n) is 5.28. The van der Waals surface area contributed by atoms with Gasteiger partial charge in [-0.3, -0.25) is 23.9 Å². The predicted molar refractivity (Wildman–Crippen MR) is 112 cm³/mol. The molecule has 2 heterocycles. The first-order chi connectivity index (χ1) is 16.1. The van der Waals surface area contributed by atoms with Crippen LogP contribution in [0.1, 0.15) is 33.6 Å². The van der Waals surface area contributed by atoms with Crippen molar-refractivity contribution in [3.8, 4) is 0 Å². The molecule has 0 aromatic heterocycles. The Morgan fingerprint density at radius 3 is 2.29 bits per heavy atom. The number of ketones is 1. The maximum atomic E-state index is 13.0. The summed E-state index contributed by atoms with van der Waals surface area (Å²) in [6, 6.07) is -2.54. The number of hydrogen-bond donors (Lipinski definition) is 3. The maximum Gasteiger partial charge on any atom is 0.522 e. The lowest BCUT2D eigenvalue weighted by Gasteiger charge is -2.30. The molecule has 0 aliphatic carbocycles. The van der Waals surface area contributed by atoms with E-state index in [0.29, 0.717) is 13.0 Å². The summed E-state index contributed by atoms with van der Waals surface area (Å²) in [6.45, 7) is 3.60. The number of carbonyl (C=O) groups is 5. The first-order valence-corrected chi connectivity index (χ1v) is 10.9. The standard InChI is InChI=1S/C20H30F3N5O7/c1-19(2,3)26-16(31)17(32)27-8-12(34-4)9-28(27)18(33)25-13(7-11-5-6-24-15(11)30)14(29)10-35-20(21,22)23/h11-13H,5-10H2,1-4H3,(H,24,30)(H,25,33)(H,26,31)/t11-,12-,13-/m0/s1. The van der Waals surface area contributed by atoms with Gasteiger partial charge in [0.25, 0.3) is 0 Å². The largest absolute Gasteiger partial charge is 0.522 e. The molecule has 2 aliphatic heterocycles. The molecule has 2 saturated heterocycles. The van der Waals surface area contributed by atoms with Gasteiger partial charge in [-0.15, -0.1) is 13.2 Å². The second-order valence-electron chi connectivity index (χ2n) is 9.25. The van der Waals surface area contributed by atoms with E-state index in [1.165, 1.54) is 7.11 Å². The van der Waals surface area contributed by atoms with Crippen LogP contribution in [-0.2, 0) is 28.7 Å². The summed E-state index contributed by atoms with van der Waals surface area (Å²) in [5.74, 6) is -4.27. The van der Waals surface area contributed by atoms with E-state index < -0.39 is 66.1 Å². The van der Waals surface area contributed by atoms with Gasteiger partial charge in [0.05, 0.1) is 25.2 Å². The van der Waals surface area contributed by atoms with Gasteiger partial charge in [-0.05, 0) is 33.6 Å². The second kappa shape index (κ2) is 11.2. The monoisotopic (exact) mass is 509 g/mol. The topological polar surface area (TPSA) is 146 Å². The Morgan fingerprint density at radius 2 is 1.77 bits per heavy atom. The Labute approximate surface area is 199 Å². The molecular weight excluding hydrogens is 479 g/mol. The molecule has 0 aromatic rings. The summed E-state index contributed by atoms with van der Waals surface area (Å²) >= 11 is 0. The van der Waals surface area contributed by atoms with E-state index >= 15 is 0 Å². The maximum absolute atomic E-state index is 13.0. The van der Waals surface area contributed by atoms with Crippen LogP contribution in [0, 0.1) is 5.92 Å². The van der Waals surface area contributed by atoms with Crippen LogP contribution in [0.5, 0.6) is 0 Å². The number of hydrazine groups is 1. The van der Waals surface area contributed by atoms with Gasteiger partial charge < -0.3 is 20.7 Å². The molecule has 3 N–H and O–H groups in total. The number of hydrogen-bond acceptors (Lipinski definition) is 7. The van der Waals surface area contributed by atoms with Crippen LogP contribution in [0.3, 0.4) is 0 Å². The van der Waals surface area contributed by atoms with Crippen LogP contribution in [0.15, 0.2) is 0 Å². The van der Waals surface area contributed by atoms with Crippen molar-refractivity contribution in [2.24, 2.45) is 5.92 Å². The molecule has 2 fully saturated rings. The van der Waals surface area contributed by atoms with Crippen molar-refractivity contribution in [2.75, 3.05) is 33.4 Å². The van der Waals surface area contributed by atoms with Crippen molar-refractivity contribution in [1.82, 2.24) is 26.0 Å². The summed E-state index contributed by atoms with van der Waals surface area (Å²) in [7, 11) is 1.34. The molecule has 0 aromatic carbocycles. The van der Waals surface area contributed by atoms with Gasteiger partial charge in [0.15, 0.2) is 5.78 Å². The number of rotatable bonds is 7. The SMILES string of the molecule is CO[C@@H]1CN(C(=O)N[C@@H](C[C@@H]2CCNC2=O)C(=O)COC(F)(F)F)N(C(=O)C(=O)NC(C)(C)C)C1. The van der Waals surface area contributed by atoms with Gasteiger partial charge in [0.1, 0.15) is 6.61 Å². The van der Waals surface area contributed by atoms with Crippen LogP contribution >= 0.6 is 0 Å². The smallest absolute Gasteiger partial charge is 0.378 e. The van der Waals surface area contributed by atoms with Gasteiger partial charge in [-0.2, -0.15) is 0 Å². The quantitative estimate of drug-likeness (QED) is 0.399. The molecule has 2 aliphatic rings. The highest BCUT2D eigenvalue weighted by Crippen LogP contribution is 2.21. The molecule has 0 spiro atoms. The normalized spacial score (nSPS) is 21.5. The van der Waals surface area contributed by atoms with E-state index in [0.717, 1.165) is 10.0 Å². The van der Waals surface area contributed by atoms with E-state index in [2.05, 4.69) is 20.7 Å². The van der Waals surface area contributed by atoms with E-state index in [-0.39, 0.29) is 19.5 Å². The van der Waals surface area contributed by atoms with Gasteiger partial charge >= 0.3 is 24.2 Å². The first-order valence-electron chi connectivity index (χ1n) is 10.9. The van der Waals surface area contributed by atoms with Gasteiger partial charge in [-0.1, -0.05) is 0 Å². The Morgan fingerprint density at radius 1 is 1.14 bits per heavy atom. The molecule has 2 rings (SSSR count). The number of ether oxygens (including phenoxy) is 2. The van der Waals surface area contributed by atoms with E-state index in [1.807, 2.05) is 0 Å². The van der Waals surface area contributed by atoms with E-state index in [4.69, 9.17) is 4.74 Å². The third kappa shape index (κ3) is 8.35. The van der Waals surface area contributed by atoms with Crippen molar-refractivity contribution in [2.45, 2.75) is 57.7 Å². The molecular formula is C20H30F3N5O7. The van der Waals surface area contributed by atoms with Crippen LogP contribution in [0.2, 0.25) is 0 Å². The number of methoxy groups -OCH3 is 1. The zero-order valence-corrected chi connectivity index (χ0v) is 19.9. The second-order valence-corrected chi connectivity index (χ2v) is 9.25. The Kier molecular flexibility index (Phi) is 9.06. The molecule has 0 bridgehead atoms. The van der Waals surface area contributed by atoms with E-state index in [9.17, 15) is 37.1 Å². The summed E-state index contributed by atoms with van der Waals surface area (Å²) < 4.78 is 46.1. The number of amides is 5. The minimum Gasteiger partial charge on any atom is -0.378 e. The Balaban J connectivity index is 2.18. The van der Waals surface area contributed by atoms with Gasteiger partial charge in [-0.25, -0.2) is 14.8 Å². The lowest BCUT2D eigenvalue weighted by Crippen LogP contribution is -2.57. The van der Waals surface area contributed by atoms with Crippen molar-refractivity contribution in [1.29, 1.82) is 0 Å². The zero-order valence-electron chi connectivity index (χ0n) is 19.9. The summed E-state index contributed by atoms with van der Waals surface area (Å²) in [4.78, 5) is 62.5. The molecule has 3 atom stereocenters. The Bertz CT molecular complexity index is 846. The van der Waals surface area contributed by atoms with Crippen molar-refractivity contribution in [3.05, 3.63) is 0 Å². The number of carbonyl (C=O) groups excluding carboxylic acids is 5. The minimum atomic E-state index is -5.07. The molecule has 5 amide bonds. The summed E-state index contributed by atoms with van der Waals surface area (Å²) in [5.41, 5.74) is -0.738. The molecule has 198 valence electrons. The highest BCUT2D eigenvalue weighted by molar-refractivity contribution is 6.35. The molecule has 35 heavy (non-hydrogen) atoms. The van der Waals surface area contributed by atoms with Gasteiger partial charge in [0, 0.05) is 25.1 Å². The number of Topliss-reactive ketones (excluding diaryl/α,β-unsaturated/α-hetero) is 1. The fourth-order valence-corrected chi connectivity index (χ4v) is 3.59. The van der Waals surface area contributed by atoms with Crippen LogP contribution in [-0.4, -0.2) is 97.0 Å². The number of alkyl halides is 3. The minimum absolute atomic E-state index is 0.152. The fourth-order valence-electron chi connectivity index (χ4n) is 3.59. The molecule has 0 saturated carbocycles. The zero-order chi connectivity index (χ0) is 26.6. The van der Waals surface area contributed by atoms with Gasteiger partial charge in [0.2, 0.25) is 5.91 Å². The highest BCUT2D eigenvalue weighted by Gasteiger charge is 2.42. The van der Waals surface area contributed by atoms with Crippen molar-refractivity contribution in [3.63, 3.8) is 0 Å². The van der Waals surface area contributed by atoms with Crippen molar-refractivity contribution < 1.29 is 46.6 Å².